The van der Waals surface area contributed by atoms with E-state index in [1.54, 1.807) is 18.2 Å². The maximum Gasteiger partial charge on any atom is 0.115 e. The first-order valence-corrected chi connectivity index (χ1v) is 6.71. The third-order valence-corrected chi connectivity index (χ3v) is 3.47. The predicted octanol–water partition coefficient (Wildman–Crippen LogP) is 4.44. The van der Waals surface area contributed by atoms with Crippen molar-refractivity contribution in [2.24, 2.45) is 5.41 Å². The molecule has 2 nitrogen and oxygen atoms in total. The van der Waals surface area contributed by atoms with Crippen LogP contribution in [0, 0.1) is 16.7 Å². The van der Waals surface area contributed by atoms with Gasteiger partial charge in [0.15, 0.2) is 0 Å². The van der Waals surface area contributed by atoms with E-state index in [1.165, 1.54) is 0 Å². The fraction of sp³-hybridized carbons (Fsp3) is 0.278. The Kier molecular flexibility index (Phi) is 3.81. The van der Waals surface area contributed by atoms with Gasteiger partial charge in [0.2, 0.25) is 0 Å². The fourth-order valence-corrected chi connectivity index (χ4v) is 2.68. The Morgan fingerprint density at radius 3 is 2.25 bits per heavy atom. The summed E-state index contributed by atoms with van der Waals surface area (Å²) in [5.74, 6) is 0.259. The summed E-state index contributed by atoms with van der Waals surface area (Å²) < 4.78 is 0. The van der Waals surface area contributed by atoms with Gasteiger partial charge in [-0.05, 0) is 34.7 Å². The molecular weight excluding hydrogens is 246 g/mol. The monoisotopic (exact) mass is 265 g/mol. The molecule has 0 saturated heterocycles. The van der Waals surface area contributed by atoms with E-state index in [4.69, 9.17) is 0 Å². The van der Waals surface area contributed by atoms with Gasteiger partial charge in [-0.3, -0.25) is 0 Å². The number of phenols is 1. The molecule has 1 atom stereocenters. The number of hydrogen-bond acceptors (Lipinski definition) is 2. The maximum absolute atomic E-state index is 9.79. The van der Waals surface area contributed by atoms with Crippen LogP contribution in [0.2, 0.25) is 0 Å². The van der Waals surface area contributed by atoms with Crippen molar-refractivity contribution in [3.63, 3.8) is 0 Å². The molecule has 102 valence electrons. The number of hydrogen-bond donors (Lipinski definition) is 1. The molecule has 1 N–H and O–H groups in total. The van der Waals surface area contributed by atoms with Crippen molar-refractivity contribution >= 4 is 0 Å². The number of nitrogens with zero attached hydrogens (tertiary/aromatic N) is 1. The SMILES string of the molecule is CC(C)(C)[C@@H](c1ccccc1)c1cc(O)ccc1C#N. The van der Waals surface area contributed by atoms with E-state index in [-0.39, 0.29) is 17.1 Å². The Bertz CT molecular complexity index is 633. The van der Waals surface area contributed by atoms with Crippen LogP contribution in [0.25, 0.3) is 0 Å². The Labute approximate surface area is 120 Å². The second kappa shape index (κ2) is 5.38. The smallest absolute Gasteiger partial charge is 0.115 e. The van der Waals surface area contributed by atoms with Gasteiger partial charge in [0, 0.05) is 5.92 Å². The Hall–Kier alpha value is -2.27. The average molecular weight is 265 g/mol. The van der Waals surface area contributed by atoms with Crippen molar-refractivity contribution in [3.8, 4) is 11.8 Å². The summed E-state index contributed by atoms with van der Waals surface area (Å²) >= 11 is 0. The molecule has 0 fully saturated rings. The van der Waals surface area contributed by atoms with Crippen molar-refractivity contribution in [1.29, 1.82) is 5.26 Å². The molecule has 0 unspecified atom stereocenters. The second-order valence-corrected chi connectivity index (χ2v) is 6.09. The van der Waals surface area contributed by atoms with Crippen LogP contribution in [0.5, 0.6) is 5.75 Å². The average Bonchev–Trinajstić information content (AvgIpc) is 2.39. The van der Waals surface area contributed by atoms with E-state index < -0.39 is 0 Å². The summed E-state index contributed by atoms with van der Waals surface area (Å²) in [6, 6.07) is 17.3. The first-order chi connectivity index (χ1) is 9.43. The summed E-state index contributed by atoms with van der Waals surface area (Å²) in [7, 11) is 0. The van der Waals surface area contributed by atoms with Crippen molar-refractivity contribution in [3.05, 3.63) is 65.2 Å². The molecule has 0 saturated carbocycles. The van der Waals surface area contributed by atoms with E-state index in [9.17, 15) is 10.4 Å². The van der Waals surface area contributed by atoms with Gasteiger partial charge >= 0.3 is 0 Å². The van der Waals surface area contributed by atoms with E-state index in [0.717, 1.165) is 11.1 Å². The largest absolute Gasteiger partial charge is 0.508 e. The van der Waals surface area contributed by atoms with E-state index >= 15 is 0 Å². The molecule has 0 heterocycles. The summed E-state index contributed by atoms with van der Waals surface area (Å²) in [4.78, 5) is 0. The topological polar surface area (TPSA) is 44.0 Å². The highest BCUT2D eigenvalue weighted by Gasteiger charge is 2.29. The van der Waals surface area contributed by atoms with E-state index in [2.05, 4.69) is 39.0 Å². The van der Waals surface area contributed by atoms with Gasteiger partial charge in [-0.15, -0.1) is 0 Å². The molecule has 0 spiro atoms. The Morgan fingerprint density at radius 1 is 1.05 bits per heavy atom. The lowest BCUT2D eigenvalue weighted by Crippen LogP contribution is -2.20. The zero-order valence-corrected chi connectivity index (χ0v) is 12.1. The first-order valence-electron chi connectivity index (χ1n) is 6.71. The highest BCUT2D eigenvalue weighted by Crippen LogP contribution is 2.42. The molecule has 0 bridgehead atoms. The number of rotatable bonds is 2. The normalized spacial score (nSPS) is 12.7. The quantitative estimate of drug-likeness (QED) is 0.872. The molecule has 0 amide bonds. The lowest BCUT2D eigenvalue weighted by molar-refractivity contribution is 0.357. The molecular formula is C18H19NO. The van der Waals surface area contributed by atoms with Crippen LogP contribution in [-0.4, -0.2) is 5.11 Å². The van der Waals surface area contributed by atoms with Crippen molar-refractivity contribution in [2.75, 3.05) is 0 Å². The number of phenolic OH excluding ortho intramolecular Hbond substituents is 1. The van der Waals surface area contributed by atoms with Gasteiger partial charge in [-0.2, -0.15) is 5.26 Å². The van der Waals surface area contributed by atoms with Crippen LogP contribution >= 0.6 is 0 Å². The van der Waals surface area contributed by atoms with Gasteiger partial charge < -0.3 is 5.11 Å². The lowest BCUT2D eigenvalue weighted by Gasteiger charge is -2.32. The van der Waals surface area contributed by atoms with Crippen LogP contribution in [-0.2, 0) is 0 Å². The minimum absolute atomic E-state index is 0.0548. The van der Waals surface area contributed by atoms with Gasteiger partial charge in [0.1, 0.15) is 5.75 Å². The van der Waals surface area contributed by atoms with Gasteiger partial charge in [-0.25, -0.2) is 0 Å². The Balaban J connectivity index is 2.66. The maximum atomic E-state index is 9.79. The summed E-state index contributed by atoms with van der Waals surface area (Å²) in [5, 5.41) is 19.1. The van der Waals surface area contributed by atoms with Crippen LogP contribution in [0.3, 0.4) is 0 Å². The molecule has 2 aromatic carbocycles. The molecule has 0 aromatic heterocycles. The standard InChI is InChI=1S/C18H19NO/c1-18(2,3)17(13-7-5-4-6-8-13)16-11-15(20)10-9-14(16)12-19/h4-11,17,20H,1-3H3/t17-/m0/s1. The van der Waals surface area contributed by atoms with Gasteiger partial charge in [0.05, 0.1) is 11.6 Å². The molecule has 0 aliphatic carbocycles. The van der Waals surface area contributed by atoms with Crippen molar-refractivity contribution in [2.45, 2.75) is 26.7 Å². The highest BCUT2D eigenvalue weighted by atomic mass is 16.3. The number of aromatic hydroxyl groups is 1. The van der Waals surface area contributed by atoms with Gasteiger partial charge in [-0.1, -0.05) is 51.1 Å². The van der Waals surface area contributed by atoms with Crippen LogP contribution in [0.15, 0.2) is 48.5 Å². The summed E-state index contributed by atoms with van der Waals surface area (Å²) in [6.07, 6.45) is 0. The van der Waals surface area contributed by atoms with Crippen LogP contribution < -0.4 is 0 Å². The van der Waals surface area contributed by atoms with Gasteiger partial charge in [0.25, 0.3) is 0 Å². The molecule has 2 rings (SSSR count). The summed E-state index contributed by atoms with van der Waals surface area (Å²) in [6.45, 7) is 6.45. The minimum atomic E-state index is -0.0548. The lowest BCUT2D eigenvalue weighted by atomic mass is 9.71. The molecule has 20 heavy (non-hydrogen) atoms. The first kappa shape index (κ1) is 14.1. The zero-order chi connectivity index (χ0) is 14.8. The minimum Gasteiger partial charge on any atom is -0.508 e. The molecule has 2 heteroatoms. The van der Waals surface area contributed by atoms with E-state index in [1.807, 2.05) is 18.2 Å². The van der Waals surface area contributed by atoms with Crippen molar-refractivity contribution < 1.29 is 5.11 Å². The number of nitriles is 1. The molecule has 2 aromatic rings. The fourth-order valence-electron chi connectivity index (χ4n) is 2.68. The zero-order valence-electron chi connectivity index (χ0n) is 12.1. The Morgan fingerprint density at radius 2 is 1.70 bits per heavy atom. The third kappa shape index (κ3) is 2.83. The van der Waals surface area contributed by atoms with Crippen LogP contribution in [0.1, 0.15) is 43.4 Å². The third-order valence-electron chi connectivity index (χ3n) is 3.47. The number of benzene rings is 2. The molecule has 0 aliphatic heterocycles. The molecule has 0 aliphatic rings. The van der Waals surface area contributed by atoms with Crippen LogP contribution in [0.4, 0.5) is 0 Å². The highest BCUT2D eigenvalue weighted by molar-refractivity contribution is 5.48. The van der Waals surface area contributed by atoms with Crippen molar-refractivity contribution in [1.82, 2.24) is 0 Å². The molecule has 0 radical (unpaired) electrons. The van der Waals surface area contributed by atoms with E-state index in [0.29, 0.717) is 5.56 Å². The predicted molar refractivity (Wildman–Crippen MR) is 80.6 cm³/mol. The summed E-state index contributed by atoms with van der Waals surface area (Å²) in [5.41, 5.74) is 2.60. The second-order valence-electron chi connectivity index (χ2n) is 6.09.